The van der Waals surface area contributed by atoms with E-state index < -0.39 is 109 Å². The van der Waals surface area contributed by atoms with Crippen molar-refractivity contribution in [3.05, 3.63) is 0 Å². The molecule has 0 aromatic carbocycles. The fraction of sp³-hybridized carbons (Fsp3) is 0.868. The summed E-state index contributed by atoms with van der Waals surface area (Å²) in [6.07, 6.45) is 44.2. The molecule has 0 unspecified atom stereocenters. The predicted octanol–water partition coefficient (Wildman–Crippen LogP) is 1.02. The molecule has 0 aliphatic carbocycles. The summed E-state index contributed by atoms with van der Waals surface area (Å²) in [4.78, 5) is 109. The van der Waals surface area contributed by atoms with E-state index in [1.165, 1.54) is 234 Å². The molecule has 0 heterocycles. The topological polar surface area (TPSA) is 513 Å². The quantitative estimate of drug-likeness (QED) is 0.0299. The fourth-order valence-electron chi connectivity index (χ4n) is 9.94. The number of carboxylic acid groups (broad SMARTS) is 5. The van der Waals surface area contributed by atoms with E-state index in [-0.39, 0.29) is 118 Å². The number of hydrogen-bond acceptors (Lipinski definition) is 21. The summed E-state index contributed by atoms with van der Waals surface area (Å²) >= 11 is 0.533. The Balaban J connectivity index is -0.000000156. The number of aliphatic hydroxyl groups excluding tert-OH is 6. The molecule has 612 valence electrons. The Bertz CT molecular complexity index is 2030. The molecule has 0 fully saturated rings. The van der Waals surface area contributed by atoms with E-state index in [9.17, 15) is 73.5 Å². The standard InChI is InChI=1S/C20H37N2O5.C16H30NO3.2C14H28O2.3C4H9NO3.4Na/c1-4-5-6-7-8-9-10-11-12-13-18(26)22-19(16(3)25)20(27)21-17(14-23)15(2)24;1-3-4-5-6-7-8-9-10-11-12-16(20)17-15(13-18)14(2)19;2*1-2-3-4-5-6-7-8-9-10-11-12-13-14(15)16;3*1-2(6)3(5)4(7)8;;;;/h15-17,19,24-25H,4-13H2,1-3H3,(H,21,27)(H,22,26);14-15,19H,3-12H2,1-2H3,(H,17,20);2*2-13H2,1H3,(H,15,16);3*2-3,6H,5H2,1H3,(H,7,8);;;;/q;;;;;;;;;2*+1/p-2/t15-,16-,17-,19+;14-,15-;;;3*2-,3+;;;;/m11..111..../s1. The van der Waals surface area contributed by atoms with Crippen molar-refractivity contribution in [1.29, 1.82) is 0 Å². The summed E-state index contributed by atoms with van der Waals surface area (Å²) in [5.41, 5.74) is 14.7. The van der Waals surface area contributed by atoms with Gasteiger partial charge in [0.05, 0.1) is 18.3 Å². The summed E-state index contributed by atoms with van der Waals surface area (Å²) in [7, 11) is 0. The van der Waals surface area contributed by atoms with Crippen LogP contribution in [0, 0.1) is 0 Å². The van der Waals surface area contributed by atoms with Crippen molar-refractivity contribution in [3.63, 3.8) is 0 Å². The van der Waals surface area contributed by atoms with Crippen LogP contribution in [0.2, 0.25) is 0 Å². The summed E-state index contributed by atoms with van der Waals surface area (Å²) < 4.78 is -0.320. The molecular formula is C76H148N6Na4O21. The molecule has 0 aliphatic heterocycles. The van der Waals surface area contributed by atoms with E-state index in [4.69, 9.17) is 47.8 Å². The maximum atomic E-state index is 12.3. The van der Waals surface area contributed by atoms with Crippen LogP contribution < -0.4 is 102 Å². The molecule has 0 aromatic rings. The molecule has 31 heteroatoms. The number of carboxylic acids is 5. The SMILES string of the molecule is CCCCCCCCCCCC(=O)N[C@H](C(=O)N[C@H]([C](=O)[Na])[C@@H](C)O)[C@@H](C)O.CCCCCCCCCCCC(=O)N[C@H]([C](=O)[Na])[C@@H](C)O.CCCCCCCCCCCCCC(=O)[O-].CCCCCCCCCCCCCC(=O)[O-].C[C@@H](O)[C@H](N)C(=O)O.C[C@@H](O)[C@H](N)C(=O)O.C[C@@H](O)[C@H](N)C(=O)O.[Na+].[Na+]. The van der Waals surface area contributed by atoms with Gasteiger partial charge in [0, 0.05) is 11.9 Å². The number of carbonyl (C=O) groups is 10. The molecule has 107 heavy (non-hydrogen) atoms. The predicted molar refractivity (Wildman–Crippen MR) is 410 cm³/mol. The van der Waals surface area contributed by atoms with E-state index >= 15 is 0 Å². The fourth-order valence-corrected chi connectivity index (χ4v) is 11.2. The van der Waals surface area contributed by atoms with E-state index in [2.05, 4.69) is 43.6 Å². The number of amides is 3. The molecule has 12 atom stereocenters. The molecular weight excluding hydrogens is 1420 g/mol. The van der Waals surface area contributed by atoms with Gasteiger partial charge in [0.2, 0.25) is 0 Å². The molecule has 0 rings (SSSR count). The van der Waals surface area contributed by atoms with Crippen molar-refractivity contribution >= 4 is 109 Å². The molecule has 0 aliphatic rings. The Hall–Kier alpha value is -1.26. The smallest absolute Gasteiger partial charge is 0.550 e. The molecule has 0 saturated carbocycles. The molecule has 3 amide bonds. The second kappa shape index (κ2) is 90.3. The average molecular weight is 1570 g/mol. The monoisotopic (exact) mass is 1570 g/mol. The first kappa shape index (κ1) is 124. The van der Waals surface area contributed by atoms with Crippen LogP contribution in [-0.2, 0) is 47.9 Å². The number of nitrogens with two attached hydrogens (primary N) is 3. The first-order valence-corrected chi connectivity index (χ1v) is 41.7. The average Bonchev–Trinajstić information content (AvgIpc) is 0.873. The number of aliphatic hydroxyl groups is 6. The molecule has 0 bridgehead atoms. The van der Waals surface area contributed by atoms with Gasteiger partial charge in [-0.2, -0.15) is 0 Å². The summed E-state index contributed by atoms with van der Waals surface area (Å²) in [5.74, 6) is -6.43. The number of carbonyl (C=O) groups excluding carboxylic acids is 7. The van der Waals surface area contributed by atoms with E-state index in [1.807, 2.05) is 0 Å². The zero-order valence-electron chi connectivity index (χ0n) is 69.2. The maximum Gasteiger partial charge on any atom is 1.00 e. The van der Waals surface area contributed by atoms with Gasteiger partial charge in [-0.15, -0.1) is 0 Å². The first-order valence-electron chi connectivity index (χ1n) is 39.7. The van der Waals surface area contributed by atoms with Crippen molar-refractivity contribution in [2.75, 3.05) is 0 Å². The van der Waals surface area contributed by atoms with Crippen LogP contribution in [-0.4, -0.2) is 228 Å². The number of aliphatic carboxylic acids is 5. The molecule has 0 aromatic heterocycles. The molecule has 0 radical (unpaired) electrons. The van der Waals surface area contributed by atoms with Crippen molar-refractivity contribution in [2.24, 2.45) is 17.2 Å². The van der Waals surface area contributed by atoms with Gasteiger partial charge in [0.25, 0.3) is 0 Å². The minimum Gasteiger partial charge on any atom is -0.550 e. The summed E-state index contributed by atoms with van der Waals surface area (Å²) in [5, 5.41) is 106. The van der Waals surface area contributed by atoms with Crippen LogP contribution in [0.25, 0.3) is 0 Å². The van der Waals surface area contributed by atoms with Crippen LogP contribution in [0.1, 0.15) is 352 Å². The third kappa shape index (κ3) is 97.0. The van der Waals surface area contributed by atoms with Crippen molar-refractivity contribution in [1.82, 2.24) is 16.0 Å². The van der Waals surface area contributed by atoms with Crippen molar-refractivity contribution in [2.45, 2.75) is 425 Å². The zero-order valence-corrected chi connectivity index (χ0v) is 77.2. The second-order valence-electron chi connectivity index (χ2n) is 27.8. The van der Waals surface area contributed by atoms with Gasteiger partial charge in [-0.05, 0) is 46.5 Å². The Kier molecular flexibility index (Phi) is 105. The van der Waals surface area contributed by atoms with Gasteiger partial charge < -0.3 is 67.6 Å². The minimum absolute atomic E-state index is 0. The van der Waals surface area contributed by atoms with Crippen LogP contribution in [0.4, 0.5) is 0 Å². The number of nitrogens with one attached hydrogen (secondary N) is 3. The van der Waals surface area contributed by atoms with Gasteiger partial charge in [-0.1, -0.05) is 201 Å². The Morgan fingerprint density at radius 2 is 0.458 bits per heavy atom. The zero-order chi connectivity index (χ0) is 81.9. The van der Waals surface area contributed by atoms with Gasteiger partial charge >= 0.3 is 353 Å². The first-order chi connectivity index (χ1) is 49.4. The van der Waals surface area contributed by atoms with Gasteiger partial charge in [0.15, 0.2) is 0 Å². The van der Waals surface area contributed by atoms with E-state index in [0.717, 1.165) is 57.8 Å². The molecule has 0 spiro atoms. The Labute approximate surface area is 723 Å². The number of rotatable bonds is 59. The van der Waals surface area contributed by atoms with Crippen molar-refractivity contribution < 1.29 is 163 Å². The van der Waals surface area contributed by atoms with Crippen LogP contribution in [0.15, 0.2) is 0 Å². The molecule has 27 nitrogen and oxygen atoms in total. The van der Waals surface area contributed by atoms with Crippen LogP contribution >= 0.6 is 0 Å². The third-order valence-electron chi connectivity index (χ3n) is 16.9. The van der Waals surface area contributed by atoms with Crippen molar-refractivity contribution in [3.8, 4) is 0 Å². The number of unbranched alkanes of at least 4 members (excludes halogenated alkanes) is 36. The number of hydrogen-bond donors (Lipinski definition) is 15. The normalized spacial score (nSPS) is 13.8. The van der Waals surface area contributed by atoms with Crippen LogP contribution in [0.5, 0.6) is 0 Å². The largest absolute Gasteiger partial charge is 1.00 e. The Morgan fingerprint density at radius 1 is 0.290 bits per heavy atom. The van der Waals surface area contributed by atoms with Crippen LogP contribution in [0.3, 0.4) is 0 Å². The minimum atomic E-state index is -1.18. The summed E-state index contributed by atoms with van der Waals surface area (Å²) in [6.45, 7) is 17.3. The third-order valence-corrected chi connectivity index (χ3v) is 18.2. The van der Waals surface area contributed by atoms with Gasteiger partial charge in [0.1, 0.15) is 18.1 Å². The van der Waals surface area contributed by atoms with Gasteiger partial charge in [-0.25, -0.2) is 0 Å². The van der Waals surface area contributed by atoms with E-state index in [1.54, 1.807) is 6.92 Å². The van der Waals surface area contributed by atoms with E-state index in [0.29, 0.717) is 40.8 Å². The molecule has 18 N–H and O–H groups in total. The molecule has 0 saturated heterocycles. The second-order valence-corrected chi connectivity index (χ2v) is 29.8. The van der Waals surface area contributed by atoms with Gasteiger partial charge in [-0.3, -0.25) is 14.4 Å². The maximum absolute atomic E-state index is 12.3. The Morgan fingerprint density at radius 3 is 0.607 bits per heavy atom. The summed E-state index contributed by atoms with van der Waals surface area (Å²) in [6, 6.07) is -6.33.